The Morgan fingerprint density at radius 1 is 1.33 bits per heavy atom. The van der Waals surface area contributed by atoms with Crippen LogP contribution in [0.3, 0.4) is 0 Å². The number of hydrogen-bond acceptors (Lipinski definition) is 6. The van der Waals surface area contributed by atoms with Crippen molar-refractivity contribution < 1.29 is 23.2 Å². The lowest BCUT2D eigenvalue weighted by Crippen LogP contribution is -2.32. The quantitative estimate of drug-likeness (QED) is 0.633. The third-order valence-corrected chi connectivity index (χ3v) is 5.07. The lowest BCUT2D eigenvalue weighted by atomic mass is 10.1. The Labute approximate surface area is 120 Å². The molecule has 0 atom stereocenters. The second-order valence-corrected chi connectivity index (χ2v) is 7.17. The van der Waals surface area contributed by atoms with E-state index in [1.54, 1.807) is 0 Å². The van der Waals surface area contributed by atoms with Crippen molar-refractivity contribution in [3.8, 4) is 0 Å². The van der Waals surface area contributed by atoms with Crippen LogP contribution >= 0.6 is 0 Å². The molecule has 0 unspecified atom stereocenters. The van der Waals surface area contributed by atoms with E-state index in [1.807, 2.05) is 0 Å². The van der Waals surface area contributed by atoms with Crippen molar-refractivity contribution in [3.63, 3.8) is 0 Å². The smallest absolute Gasteiger partial charge is 0.337 e. The number of hydrogen-bond donors (Lipinski definition) is 2. The van der Waals surface area contributed by atoms with Gasteiger partial charge in [-0.3, -0.25) is 10.1 Å². The highest BCUT2D eigenvalue weighted by Crippen LogP contribution is 2.25. The Bertz CT molecular complexity index is 671. The van der Waals surface area contributed by atoms with Gasteiger partial charge in [-0.1, -0.05) is 0 Å². The molecule has 0 spiro atoms. The maximum Gasteiger partial charge on any atom is 0.337 e. The fourth-order valence-corrected chi connectivity index (χ4v) is 3.70. The Hall–Kier alpha value is -2.16. The van der Waals surface area contributed by atoms with Crippen molar-refractivity contribution >= 4 is 27.2 Å². The van der Waals surface area contributed by atoms with E-state index in [1.165, 1.54) is 6.07 Å². The van der Waals surface area contributed by atoms with E-state index in [-0.39, 0.29) is 34.5 Å². The van der Waals surface area contributed by atoms with Gasteiger partial charge in [0, 0.05) is 18.2 Å². The minimum Gasteiger partial charge on any atom is -0.478 e. The predicted octanol–water partition coefficient (Wildman–Crippen LogP) is 1.28. The number of sulfone groups is 1. The van der Waals surface area contributed by atoms with Crippen molar-refractivity contribution in [2.45, 2.75) is 18.9 Å². The molecule has 114 valence electrons. The summed E-state index contributed by atoms with van der Waals surface area (Å²) in [7, 11) is -3.02. The fourth-order valence-electron chi connectivity index (χ4n) is 2.21. The number of carbonyl (C=O) groups is 1. The first-order valence-electron chi connectivity index (χ1n) is 6.27. The Balaban J connectivity index is 2.23. The van der Waals surface area contributed by atoms with E-state index in [2.05, 4.69) is 5.32 Å². The molecular weight excluding hydrogens is 300 g/mol. The summed E-state index contributed by atoms with van der Waals surface area (Å²) in [6.45, 7) is 0. The first kappa shape index (κ1) is 15.2. The molecule has 0 aliphatic carbocycles. The molecular formula is C12H14N2O6S. The summed E-state index contributed by atoms with van der Waals surface area (Å²) in [4.78, 5) is 21.3. The zero-order valence-corrected chi connectivity index (χ0v) is 11.8. The Morgan fingerprint density at radius 3 is 2.48 bits per heavy atom. The van der Waals surface area contributed by atoms with Gasteiger partial charge >= 0.3 is 5.97 Å². The van der Waals surface area contributed by atoms with Gasteiger partial charge < -0.3 is 10.4 Å². The molecule has 1 heterocycles. The molecule has 0 saturated carbocycles. The molecule has 1 aliphatic rings. The molecule has 0 bridgehead atoms. The fraction of sp³-hybridized carbons (Fsp3) is 0.417. The summed E-state index contributed by atoms with van der Waals surface area (Å²) in [5.41, 5.74) is -0.152. The number of carboxylic acid groups (broad SMARTS) is 1. The van der Waals surface area contributed by atoms with Crippen LogP contribution in [0.5, 0.6) is 0 Å². The number of nitro benzene ring substituents is 1. The summed E-state index contributed by atoms with van der Waals surface area (Å²) in [5, 5.41) is 22.8. The second-order valence-electron chi connectivity index (χ2n) is 4.86. The van der Waals surface area contributed by atoms with Crippen LogP contribution in [0.15, 0.2) is 18.2 Å². The topological polar surface area (TPSA) is 127 Å². The van der Waals surface area contributed by atoms with Gasteiger partial charge in [-0.05, 0) is 18.9 Å². The molecule has 8 nitrogen and oxygen atoms in total. The van der Waals surface area contributed by atoms with Crippen molar-refractivity contribution in [2.75, 3.05) is 16.8 Å². The molecule has 1 fully saturated rings. The predicted molar refractivity (Wildman–Crippen MR) is 75.4 cm³/mol. The average Bonchev–Trinajstić information content (AvgIpc) is 2.40. The first-order chi connectivity index (χ1) is 9.78. The van der Waals surface area contributed by atoms with Crippen molar-refractivity contribution in [3.05, 3.63) is 33.9 Å². The van der Waals surface area contributed by atoms with E-state index >= 15 is 0 Å². The van der Waals surface area contributed by atoms with Crippen molar-refractivity contribution in [1.82, 2.24) is 0 Å². The summed E-state index contributed by atoms with van der Waals surface area (Å²) < 4.78 is 22.7. The van der Waals surface area contributed by atoms with Crippen LogP contribution in [0.4, 0.5) is 11.4 Å². The third kappa shape index (κ3) is 3.69. The molecule has 1 aliphatic heterocycles. The average molecular weight is 314 g/mol. The third-order valence-electron chi connectivity index (χ3n) is 3.36. The first-order valence-corrected chi connectivity index (χ1v) is 8.09. The minimum atomic E-state index is -3.02. The van der Waals surface area contributed by atoms with E-state index in [0.29, 0.717) is 12.8 Å². The van der Waals surface area contributed by atoms with Gasteiger partial charge in [-0.15, -0.1) is 0 Å². The molecule has 2 N–H and O–H groups in total. The van der Waals surface area contributed by atoms with E-state index in [0.717, 1.165) is 12.1 Å². The monoisotopic (exact) mass is 314 g/mol. The number of aromatic carboxylic acids is 1. The summed E-state index contributed by atoms with van der Waals surface area (Å²) in [6, 6.07) is 3.24. The highest BCUT2D eigenvalue weighted by atomic mass is 32.2. The van der Waals surface area contributed by atoms with Crippen molar-refractivity contribution in [2.24, 2.45) is 0 Å². The summed E-state index contributed by atoms with van der Waals surface area (Å²) in [6.07, 6.45) is 0.703. The van der Waals surface area contributed by atoms with Crippen LogP contribution in [0.25, 0.3) is 0 Å². The van der Waals surface area contributed by atoms with E-state index in [4.69, 9.17) is 5.11 Å². The van der Waals surface area contributed by atoms with Crippen LogP contribution in [0.2, 0.25) is 0 Å². The molecule has 9 heteroatoms. The van der Waals surface area contributed by atoms with Crippen LogP contribution in [0, 0.1) is 10.1 Å². The molecule has 1 aromatic rings. The zero-order valence-electron chi connectivity index (χ0n) is 11.0. The zero-order chi connectivity index (χ0) is 15.6. The number of nitrogens with one attached hydrogen (secondary N) is 1. The standard InChI is InChI=1S/C12H14N2O6S/c15-12(16)10-2-1-9(14(17)18)7-11(10)13-8-3-5-21(19,20)6-4-8/h1-2,7-8,13H,3-6H2,(H,15,16). The van der Waals surface area contributed by atoms with Gasteiger partial charge in [0.05, 0.1) is 27.7 Å². The van der Waals surface area contributed by atoms with Gasteiger partial charge in [0.2, 0.25) is 0 Å². The van der Waals surface area contributed by atoms with Crippen LogP contribution in [-0.4, -0.2) is 42.0 Å². The molecule has 1 saturated heterocycles. The number of carboxylic acids is 1. The number of non-ortho nitro benzene ring substituents is 1. The van der Waals surface area contributed by atoms with E-state index in [9.17, 15) is 23.3 Å². The van der Waals surface area contributed by atoms with Crippen molar-refractivity contribution in [1.29, 1.82) is 0 Å². The Kier molecular flexibility index (Phi) is 4.12. The van der Waals surface area contributed by atoms with Crippen LogP contribution in [-0.2, 0) is 9.84 Å². The maximum atomic E-state index is 11.4. The largest absolute Gasteiger partial charge is 0.478 e. The molecule has 21 heavy (non-hydrogen) atoms. The number of anilines is 1. The molecule has 0 aromatic heterocycles. The van der Waals surface area contributed by atoms with Crippen LogP contribution < -0.4 is 5.32 Å². The number of nitrogens with zero attached hydrogens (tertiary/aromatic N) is 1. The minimum absolute atomic E-state index is 0.0298. The molecule has 1 aromatic carbocycles. The summed E-state index contributed by atoms with van der Waals surface area (Å²) >= 11 is 0. The lowest BCUT2D eigenvalue weighted by molar-refractivity contribution is -0.384. The van der Waals surface area contributed by atoms with Gasteiger partial charge in [-0.25, -0.2) is 13.2 Å². The van der Waals surface area contributed by atoms with Gasteiger partial charge in [-0.2, -0.15) is 0 Å². The normalized spacial score (nSPS) is 18.1. The van der Waals surface area contributed by atoms with Gasteiger partial charge in [0.1, 0.15) is 9.84 Å². The molecule has 0 amide bonds. The van der Waals surface area contributed by atoms with Gasteiger partial charge in [0.25, 0.3) is 5.69 Å². The van der Waals surface area contributed by atoms with Crippen LogP contribution in [0.1, 0.15) is 23.2 Å². The Morgan fingerprint density at radius 2 is 1.95 bits per heavy atom. The summed E-state index contributed by atoms with van der Waals surface area (Å²) in [5.74, 6) is -1.14. The highest BCUT2D eigenvalue weighted by molar-refractivity contribution is 7.91. The van der Waals surface area contributed by atoms with E-state index < -0.39 is 20.7 Å². The molecule has 2 rings (SSSR count). The van der Waals surface area contributed by atoms with Gasteiger partial charge in [0.15, 0.2) is 0 Å². The number of nitro groups is 1. The highest BCUT2D eigenvalue weighted by Gasteiger charge is 2.25. The SMILES string of the molecule is O=C(O)c1ccc([N+](=O)[O-])cc1NC1CCS(=O)(=O)CC1. The maximum absolute atomic E-state index is 11.4. The lowest BCUT2D eigenvalue weighted by Gasteiger charge is -2.24. The number of rotatable bonds is 4. The molecule has 0 radical (unpaired) electrons. The second kappa shape index (κ2) is 5.68. The number of benzene rings is 1.